The van der Waals surface area contributed by atoms with Gasteiger partial charge in [-0.05, 0) is 44.4 Å². The molecule has 2 aromatic rings. The minimum Gasteiger partial charge on any atom is -0.373 e. The van der Waals surface area contributed by atoms with E-state index in [4.69, 9.17) is 9.26 Å². The highest BCUT2D eigenvalue weighted by Crippen LogP contribution is 2.35. The van der Waals surface area contributed by atoms with Crippen molar-refractivity contribution in [2.24, 2.45) is 0 Å². The fourth-order valence-electron chi connectivity index (χ4n) is 4.95. The first kappa shape index (κ1) is 22.0. The second-order valence-electron chi connectivity index (χ2n) is 9.24. The molecule has 7 nitrogen and oxygen atoms in total. The zero-order valence-electron chi connectivity index (χ0n) is 18.9. The van der Waals surface area contributed by atoms with Crippen LogP contribution in [0.5, 0.6) is 0 Å². The molecule has 0 bridgehead atoms. The summed E-state index contributed by atoms with van der Waals surface area (Å²) >= 11 is 0. The highest BCUT2D eigenvalue weighted by Gasteiger charge is 2.39. The molecule has 1 N–H and O–H groups in total. The molecule has 0 spiro atoms. The van der Waals surface area contributed by atoms with Crippen molar-refractivity contribution in [3.8, 4) is 0 Å². The van der Waals surface area contributed by atoms with Crippen molar-refractivity contribution in [1.29, 1.82) is 0 Å². The smallest absolute Gasteiger partial charge is 0.252 e. The van der Waals surface area contributed by atoms with Gasteiger partial charge in [0.25, 0.3) is 5.91 Å². The Morgan fingerprint density at radius 2 is 1.74 bits per heavy atom. The highest BCUT2D eigenvalue weighted by atomic mass is 16.5. The van der Waals surface area contributed by atoms with Crippen LogP contribution in [0.1, 0.15) is 80.0 Å². The van der Waals surface area contributed by atoms with Crippen LogP contribution in [-0.2, 0) is 16.8 Å². The molecule has 2 heterocycles. The molecule has 1 saturated heterocycles. The Morgan fingerprint density at radius 1 is 1.10 bits per heavy atom. The molecule has 1 aliphatic heterocycles. The predicted molar refractivity (Wildman–Crippen MR) is 118 cm³/mol. The minimum absolute atomic E-state index is 0.0791. The first-order valence-corrected chi connectivity index (χ1v) is 11.5. The lowest BCUT2D eigenvalue weighted by atomic mass is 9.88. The van der Waals surface area contributed by atoms with E-state index in [1.54, 1.807) is 6.92 Å². The number of aromatic nitrogens is 2. The molecular weight excluding hydrogens is 392 g/mol. The van der Waals surface area contributed by atoms with Gasteiger partial charge in [0.05, 0.1) is 12.2 Å². The Bertz CT molecular complexity index is 861. The molecule has 1 saturated carbocycles. The van der Waals surface area contributed by atoms with E-state index in [2.05, 4.69) is 46.3 Å². The van der Waals surface area contributed by atoms with Crippen LogP contribution in [0.4, 0.5) is 0 Å². The van der Waals surface area contributed by atoms with E-state index in [0.717, 1.165) is 45.3 Å². The Morgan fingerprint density at radius 3 is 2.32 bits per heavy atom. The van der Waals surface area contributed by atoms with Crippen molar-refractivity contribution in [2.75, 3.05) is 13.1 Å². The van der Waals surface area contributed by atoms with Crippen LogP contribution in [0.2, 0.25) is 0 Å². The van der Waals surface area contributed by atoms with Gasteiger partial charge in [-0.3, -0.25) is 9.69 Å². The fraction of sp³-hybridized carbons (Fsp3) is 0.625. The van der Waals surface area contributed by atoms with Crippen molar-refractivity contribution in [3.63, 3.8) is 0 Å². The monoisotopic (exact) mass is 426 g/mol. The molecule has 2 fully saturated rings. The van der Waals surface area contributed by atoms with Gasteiger partial charge in [-0.2, -0.15) is 4.98 Å². The molecule has 1 aliphatic carbocycles. The third kappa shape index (κ3) is 5.33. The van der Waals surface area contributed by atoms with Crippen molar-refractivity contribution in [2.45, 2.75) is 83.6 Å². The lowest BCUT2D eigenvalue weighted by Gasteiger charge is -2.35. The van der Waals surface area contributed by atoms with Gasteiger partial charge in [-0.15, -0.1) is 0 Å². The molecule has 1 aromatic carbocycles. The molecule has 2 unspecified atom stereocenters. The maximum Gasteiger partial charge on any atom is 0.252 e. The maximum atomic E-state index is 13.2. The van der Waals surface area contributed by atoms with Gasteiger partial charge in [-0.25, -0.2) is 0 Å². The zero-order chi connectivity index (χ0) is 21.8. The summed E-state index contributed by atoms with van der Waals surface area (Å²) in [6.45, 7) is 8.75. The van der Waals surface area contributed by atoms with Crippen molar-refractivity contribution in [3.05, 3.63) is 47.1 Å². The fourth-order valence-corrected chi connectivity index (χ4v) is 4.95. The standard InChI is InChI=1S/C24H34N4O3/c1-17-14-28(15-18(2)30-17)16-20-8-10-21(11-9-20)22(29)26-24(12-6-4-5-7-13-24)23-25-19(3)31-27-23/h8-11,17-18H,4-7,12-16H2,1-3H3,(H,26,29). The molecular formula is C24H34N4O3. The number of carbonyl (C=O) groups excluding carboxylic acids is 1. The SMILES string of the molecule is Cc1nc(C2(NC(=O)c3ccc(CN4CC(C)OC(C)C4)cc3)CCCCCC2)no1. The van der Waals surface area contributed by atoms with E-state index in [1.165, 1.54) is 18.4 Å². The van der Waals surface area contributed by atoms with Gasteiger partial charge in [-0.1, -0.05) is 43.0 Å². The van der Waals surface area contributed by atoms with Crippen LogP contribution >= 0.6 is 0 Å². The number of hydrogen-bond acceptors (Lipinski definition) is 6. The topological polar surface area (TPSA) is 80.5 Å². The van der Waals surface area contributed by atoms with E-state index in [1.807, 2.05) is 12.1 Å². The number of carbonyl (C=O) groups is 1. The summed E-state index contributed by atoms with van der Waals surface area (Å²) in [6, 6.07) is 7.95. The molecule has 31 heavy (non-hydrogen) atoms. The van der Waals surface area contributed by atoms with E-state index in [9.17, 15) is 4.79 Å². The van der Waals surface area contributed by atoms with Crippen molar-refractivity contribution >= 4 is 5.91 Å². The number of aryl methyl sites for hydroxylation is 1. The summed E-state index contributed by atoms with van der Waals surface area (Å²) < 4.78 is 11.1. The molecule has 2 aliphatic rings. The molecule has 2 atom stereocenters. The molecule has 0 radical (unpaired) electrons. The van der Waals surface area contributed by atoms with Gasteiger partial charge in [0.15, 0.2) is 5.82 Å². The molecule has 1 aromatic heterocycles. The first-order valence-electron chi connectivity index (χ1n) is 11.5. The quantitative estimate of drug-likeness (QED) is 0.729. The molecule has 7 heteroatoms. The van der Waals surface area contributed by atoms with Gasteiger partial charge in [0.2, 0.25) is 5.89 Å². The van der Waals surface area contributed by atoms with Crippen LogP contribution in [-0.4, -0.2) is 46.2 Å². The minimum atomic E-state index is -0.551. The second-order valence-corrected chi connectivity index (χ2v) is 9.24. The number of morpholine rings is 1. The van der Waals surface area contributed by atoms with Crippen LogP contribution in [0.3, 0.4) is 0 Å². The summed E-state index contributed by atoms with van der Waals surface area (Å²) in [5.41, 5.74) is 1.32. The summed E-state index contributed by atoms with van der Waals surface area (Å²) in [5.74, 6) is 1.06. The number of ether oxygens (including phenoxy) is 1. The third-order valence-electron chi connectivity index (χ3n) is 6.38. The highest BCUT2D eigenvalue weighted by molar-refractivity contribution is 5.94. The number of nitrogens with one attached hydrogen (secondary N) is 1. The summed E-state index contributed by atoms with van der Waals surface area (Å²) in [7, 11) is 0. The zero-order valence-corrected chi connectivity index (χ0v) is 18.9. The molecule has 1 amide bonds. The number of amides is 1. The van der Waals surface area contributed by atoms with Crippen molar-refractivity contribution in [1.82, 2.24) is 20.4 Å². The van der Waals surface area contributed by atoms with E-state index in [-0.39, 0.29) is 18.1 Å². The summed E-state index contributed by atoms with van der Waals surface area (Å²) in [4.78, 5) is 20.1. The predicted octanol–water partition coefficient (Wildman–Crippen LogP) is 3.97. The van der Waals surface area contributed by atoms with Gasteiger partial charge in [0.1, 0.15) is 5.54 Å². The lowest BCUT2D eigenvalue weighted by Crippen LogP contribution is -2.46. The van der Waals surface area contributed by atoms with Crippen LogP contribution in [0, 0.1) is 6.92 Å². The Kier molecular flexibility index (Phi) is 6.72. The summed E-state index contributed by atoms with van der Waals surface area (Å²) in [6.07, 6.45) is 6.60. The number of hydrogen-bond donors (Lipinski definition) is 1. The largest absolute Gasteiger partial charge is 0.373 e. The number of benzene rings is 1. The van der Waals surface area contributed by atoms with E-state index >= 15 is 0 Å². The second kappa shape index (κ2) is 9.49. The average Bonchev–Trinajstić information content (AvgIpc) is 3.03. The molecule has 4 rings (SSSR count). The van der Waals surface area contributed by atoms with Crippen molar-refractivity contribution < 1.29 is 14.1 Å². The lowest BCUT2D eigenvalue weighted by molar-refractivity contribution is -0.0704. The van der Waals surface area contributed by atoms with Crippen LogP contribution in [0.15, 0.2) is 28.8 Å². The maximum absolute atomic E-state index is 13.2. The van der Waals surface area contributed by atoms with Crippen LogP contribution in [0.25, 0.3) is 0 Å². The van der Waals surface area contributed by atoms with E-state index < -0.39 is 5.54 Å². The average molecular weight is 427 g/mol. The van der Waals surface area contributed by atoms with Crippen LogP contribution < -0.4 is 5.32 Å². The van der Waals surface area contributed by atoms with Gasteiger partial charge in [0, 0.05) is 32.1 Å². The Labute approximate surface area is 184 Å². The Hall–Kier alpha value is -2.25. The number of nitrogens with zero attached hydrogens (tertiary/aromatic N) is 3. The first-order chi connectivity index (χ1) is 14.9. The van der Waals surface area contributed by atoms with E-state index in [0.29, 0.717) is 17.3 Å². The third-order valence-corrected chi connectivity index (χ3v) is 6.38. The molecule has 168 valence electrons. The normalized spacial score (nSPS) is 24.5. The van der Waals surface area contributed by atoms with Gasteiger partial charge >= 0.3 is 0 Å². The summed E-state index contributed by atoms with van der Waals surface area (Å²) in [5, 5.41) is 7.45. The van der Waals surface area contributed by atoms with Gasteiger partial charge < -0.3 is 14.6 Å². The Balaban J connectivity index is 1.45. The number of rotatable bonds is 5.